The van der Waals surface area contributed by atoms with Crippen molar-refractivity contribution in [3.8, 4) is 0 Å². The number of rotatable bonds is 2. The van der Waals surface area contributed by atoms with E-state index < -0.39 is 0 Å². The molecule has 1 heterocycles. The summed E-state index contributed by atoms with van der Waals surface area (Å²) in [6.07, 6.45) is 5.61. The molecule has 1 atom stereocenters. The summed E-state index contributed by atoms with van der Waals surface area (Å²) < 4.78 is 0. The molecule has 1 saturated heterocycles. The lowest BCUT2D eigenvalue weighted by Gasteiger charge is -2.24. The van der Waals surface area contributed by atoms with E-state index in [-0.39, 0.29) is 0 Å². The molecule has 0 aromatic heterocycles. The van der Waals surface area contributed by atoms with Crippen LogP contribution in [0.15, 0.2) is 24.3 Å². The van der Waals surface area contributed by atoms with Gasteiger partial charge in [0, 0.05) is 12.1 Å². The van der Waals surface area contributed by atoms with Crippen LogP contribution in [0.1, 0.15) is 42.9 Å². The van der Waals surface area contributed by atoms with Crippen molar-refractivity contribution in [1.29, 1.82) is 0 Å². The smallest absolute Gasteiger partial charge is 0.0351 e. The zero-order valence-electron chi connectivity index (χ0n) is 9.45. The summed E-state index contributed by atoms with van der Waals surface area (Å²) in [4.78, 5) is 2.73. The van der Waals surface area contributed by atoms with E-state index in [1.54, 1.807) is 5.56 Å². The van der Waals surface area contributed by atoms with Gasteiger partial charge in [0.2, 0.25) is 0 Å². The molecule has 1 aromatic rings. The monoisotopic (exact) mass is 201 g/mol. The van der Waals surface area contributed by atoms with Gasteiger partial charge >= 0.3 is 0 Å². The fraction of sp³-hybridized carbons (Fsp3) is 0.571. The second-order valence-corrected chi connectivity index (χ2v) is 5.04. The summed E-state index contributed by atoms with van der Waals surface area (Å²) in [5.74, 6) is 0. The molecule has 3 rings (SSSR count). The van der Waals surface area contributed by atoms with E-state index in [0.717, 1.165) is 12.1 Å². The maximum Gasteiger partial charge on any atom is 0.0351 e. The summed E-state index contributed by atoms with van der Waals surface area (Å²) >= 11 is 0. The van der Waals surface area contributed by atoms with Crippen molar-refractivity contribution < 1.29 is 0 Å². The van der Waals surface area contributed by atoms with Crippen molar-refractivity contribution in [1.82, 2.24) is 4.90 Å². The highest BCUT2D eigenvalue weighted by atomic mass is 15.2. The van der Waals surface area contributed by atoms with Gasteiger partial charge in [-0.1, -0.05) is 29.8 Å². The SMILES string of the molecule is Cc1cccc(C2CCCN2C2CC2)c1. The van der Waals surface area contributed by atoms with E-state index in [4.69, 9.17) is 0 Å². The first-order valence-corrected chi connectivity index (χ1v) is 6.17. The maximum atomic E-state index is 2.73. The van der Waals surface area contributed by atoms with Gasteiger partial charge in [0.25, 0.3) is 0 Å². The van der Waals surface area contributed by atoms with Crippen molar-refractivity contribution in [2.24, 2.45) is 0 Å². The summed E-state index contributed by atoms with van der Waals surface area (Å²) in [6, 6.07) is 10.7. The molecule has 0 spiro atoms. The number of aryl methyl sites for hydroxylation is 1. The van der Waals surface area contributed by atoms with Crippen molar-refractivity contribution in [3.05, 3.63) is 35.4 Å². The molecular weight excluding hydrogens is 182 g/mol. The Bertz CT molecular complexity index is 354. The van der Waals surface area contributed by atoms with Gasteiger partial charge in [-0.15, -0.1) is 0 Å². The second-order valence-electron chi connectivity index (χ2n) is 5.04. The first kappa shape index (κ1) is 9.41. The van der Waals surface area contributed by atoms with Gasteiger partial charge in [-0.05, 0) is 44.7 Å². The van der Waals surface area contributed by atoms with Gasteiger partial charge in [-0.3, -0.25) is 4.90 Å². The molecule has 1 saturated carbocycles. The molecule has 1 aliphatic heterocycles. The van der Waals surface area contributed by atoms with E-state index in [9.17, 15) is 0 Å². The predicted octanol–water partition coefficient (Wildman–Crippen LogP) is 3.29. The van der Waals surface area contributed by atoms with Crippen LogP contribution >= 0.6 is 0 Å². The molecule has 0 bridgehead atoms. The van der Waals surface area contributed by atoms with Crippen molar-refractivity contribution in [3.63, 3.8) is 0 Å². The van der Waals surface area contributed by atoms with Gasteiger partial charge in [0.15, 0.2) is 0 Å². The van der Waals surface area contributed by atoms with Crippen molar-refractivity contribution in [2.75, 3.05) is 6.54 Å². The van der Waals surface area contributed by atoms with E-state index in [1.165, 1.54) is 37.8 Å². The molecule has 1 heteroatoms. The number of hydrogen-bond donors (Lipinski definition) is 0. The van der Waals surface area contributed by atoms with Crippen LogP contribution < -0.4 is 0 Å². The average molecular weight is 201 g/mol. The Balaban J connectivity index is 1.85. The molecule has 2 aliphatic rings. The fourth-order valence-electron chi connectivity index (χ4n) is 2.87. The topological polar surface area (TPSA) is 3.24 Å². The fourth-order valence-corrected chi connectivity index (χ4v) is 2.87. The normalized spacial score (nSPS) is 27.1. The Morgan fingerprint density at radius 2 is 2.07 bits per heavy atom. The Labute approximate surface area is 92.1 Å². The van der Waals surface area contributed by atoms with Crippen LogP contribution in [0, 0.1) is 6.92 Å². The second kappa shape index (κ2) is 3.64. The number of hydrogen-bond acceptors (Lipinski definition) is 1. The van der Waals surface area contributed by atoms with Crippen LogP contribution in [0.5, 0.6) is 0 Å². The van der Waals surface area contributed by atoms with Crippen LogP contribution in [0.2, 0.25) is 0 Å². The van der Waals surface area contributed by atoms with Crippen LogP contribution in [-0.2, 0) is 0 Å². The number of likely N-dealkylation sites (tertiary alicyclic amines) is 1. The Morgan fingerprint density at radius 1 is 1.20 bits per heavy atom. The van der Waals surface area contributed by atoms with E-state index in [0.29, 0.717) is 0 Å². The molecule has 1 nitrogen and oxygen atoms in total. The number of nitrogens with zero attached hydrogens (tertiary/aromatic N) is 1. The molecule has 2 fully saturated rings. The van der Waals surface area contributed by atoms with E-state index in [1.807, 2.05) is 0 Å². The van der Waals surface area contributed by atoms with Gasteiger partial charge in [-0.25, -0.2) is 0 Å². The lowest BCUT2D eigenvalue weighted by atomic mass is 10.0. The third-order valence-electron chi connectivity index (χ3n) is 3.74. The van der Waals surface area contributed by atoms with Crippen LogP contribution in [0.3, 0.4) is 0 Å². The Hall–Kier alpha value is -0.820. The molecule has 0 N–H and O–H groups in total. The van der Waals surface area contributed by atoms with Gasteiger partial charge in [0.1, 0.15) is 0 Å². The third-order valence-corrected chi connectivity index (χ3v) is 3.74. The molecule has 1 unspecified atom stereocenters. The lowest BCUT2D eigenvalue weighted by Crippen LogP contribution is -2.25. The molecule has 15 heavy (non-hydrogen) atoms. The van der Waals surface area contributed by atoms with Crippen LogP contribution in [0.25, 0.3) is 0 Å². The largest absolute Gasteiger partial charge is 0.293 e. The Morgan fingerprint density at radius 3 is 2.80 bits per heavy atom. The predicted molar refractivity (Wildman–Crippen MR) is 62.9 cm³/mol. The van der Waals surface area contributed by atoms with Crippen LogP contribution in [0.4, 0.5) is 0 Å². The highest BCUT2D eigenvalue weighted by molar-refractivity contribution is 5.26. The van der Waals surface area contributed by atoms with E-state index in [2.05, 4.69) is 36.1 Å². The summed E-state index contributed by atoms with van der Waals surface area (Å²) in [6.45, 7) is 3.52. The standard InChI is InChI=1S/C14H19N/c1-11-4-2-5-12(10-11)14-6-3-9-15(14)13-7-8-13/h2,4-5,10,13-14H,3,6-9H2,1H3. The van der Waals surface area contributed by atoms with Gasteiger partial charge in [-0.2, -0.15) is 0 Å². The summed E-state index contributed by atoms with van der Waals surface area (Å²) in [5, 5.41) is 0. The van der Waals surface area contributed by atoms with Crippen molar-refractivity contribution >= 4 is 0 Å². The first-order valence-electron chi connectivity index (χ1n) is 6.17. The summed E-state index contributed by atoms with van der Waals surface area (Å²) in [5.41, 5.74) is 2.94. The lowest BCUT2D eigenvalue weighted by molar-refractivity contribution is 0.246. The molecule has 0 amide bonds. The summed E-state index contributed by atoms with van der Waals surface area (Å²) in [7, 11) is 0. The van der Waals surface area contributed by atoms with Crippen molar-refractivity contribution in [2.45, 2.75) is 44.7 Å². The molecule has 80 valence electrons. The zero-order chi connectivity index (χ0) is 10.3. The zero-order valence-corrected chi connectivity index (χ0v) is 9.45. The highest BCUT2D eigenvalue weighted by Gasteiger charge is 2.37. The minimum atomic E-state index is 0.720. The first-order chi connectivity index (χ1) is 7.34. The number of benzene rings is 1. The van der Waals surface area contributed by atoms with E-state index >= 15 is 0 Å². The molecular formula is C14H19N. The maximum absolute atomic E-state index is 2.73. The minimum Gasteiger partial charge on any atom is -0.293 e. The van der Waals surface area contributed by atoms with Crippen LogP contribution in [-0.4, -0.2) is 17.5 Å². The highest BCUT2D eigenvalue weighted by Crippen LogP contribution is 2.40. The third kappa shape index (κ3) is 1.81. The molecule has 1 aromatic carbocycles. The molecule has 1 aliphatic carbocycles. The molecule has 0 radical (unpaired) electrons. The average Bonchev–Trinajstić information content (AvgIpc) is 2.96. The Kier molecular flexibility index (Phi) is 2.28. The quantitative estimate of drug-likeness (QED) is 0.709. The minimum absolute atomic E-state index is 0.720. The van der Waals surface area contributed by atoms with Gasteiger partial charge < -0.3 is 0 Å². The van der Waals surface area contributed by atoms with Gasteiger partial charge in [0.05, 0.1) is 0 Å².